The molecule has 0 aromatic heterocycles. The Morgan fingerprint density at radius 2 is 2.31 bits per heavy atom. The van der Waals surface area contributed by atoms with Crippen LogP contribution in [0.1, 0.15) is 26.7 Å². The zero-order valence-corrected chi connectivity index (χ0v) is 8.21. The summed E-state index contributed by atoms with van der Waals surface area (Å²) in [5.41, 5.74) is 0. The number of hydrogen-bond acceptors (Lipinski definition) is 4. The summed E-state index contributed by atoms with van der Waals surface area (Å²) in [6.07, 6.45) is 1.31. The number of ether oxygens (including phenoxy) is 2. The Morgan fingerprint density at radius 3 is 2.85 bits per heavy atom. The standard InChI is InChI=1S/C9H17NO3/c1-7(2)12-9(11)13-8-4-3-5-10-6-8/h7-8,10H,3-6H2,1-2H3. The summed E-state index contributed by atoms with van der Waals surface area (Å²) in [5.74, 6) is 0. The van der Waals surface area contributed by atoms with Gasteiger partial charge < -0.3 is 14.8 Å². The molecular weight excluding hydrogens is 170 g/mol. The minimum absolute atomic E-state index is 0.0139. The number of carbonyl (C=O) groups excluding carboxylic acids is 1. The Labute approximate surface area is 78.6 Å². The molecule has 1 saturated heterocycles. The fraction of sp³-hybridized carbons (Fsp3) is 0.889. The first-order valence-corrected chi connectivity index (χ1v) is 4.76. The van der Waals surface area contributed by atoms with Crippen molar-refractivity contribution < 1.29 is 14.3 Å². The molecule has 0 saturated carbocycles. The maximum atomic E-state index is 11.0. The highest BCUT2D eigenvalue weighted by Crippen LogP contribution is 2.07. The zero-order chi connectivity index (χ0) is 9.68. The van der Waals surface area contributed by atoms with E-state index in [1.165, 1.54) is 0 Å². The first kappa shape index (κ1) is 10.3. The molecule has 0 aromatic rings. The Balaban J connectivity index is 2.18. The van der Waals surface area contributed by atoms with Gasteiger partial charge in [0.2, 0.25) is 0 Å². The van der Waals surface area contributed by atoms with Crippen molar-refractivity contribution in [3.05, 3.63) is 0 Å². The van der Waals surface area contributed by atoms with Gasteiger partial charge in [0.25, 0.3) is 0 Å². The molecule has 0 radical (unpaired) electrons. The lowest BCUT2D eigenvalue weighted by molar-refractivity contribution is 0.000851. The fourth-order valence-corrected chi connectivity index (χ4v) is 1.28. The molecule has 1 heterocycles. The molecule has 0 spiro atoms. The van der Waals surface area contributed by atoms with Crippen LogP contribution >= 0.6 is 0 Å². The highest BCUT2D eigenvalue weighted by molar-refractivity contribution is 5.60. The van der Waals surface area contributed by atoms with Gasteiger partial charge >= 0.3 is 6.16 Å². The summed E-state index contributed by atoms with van der Waals surface area (Å²) in [6.45, 7) is 5.37. The number of carbonyl (C=O) groups is 1. The van der Waals surface area contributed by atoms with E-state index in [2.05, 4.69) is 5.32 Å². The van der Waals surface area contributed by atoms with Crippen molar-refractivity contribution in [2.75, 3.05) is 13.1 Å². The topological polar surface area (TPSA) is 47.6 Å². The van der Waals surface area contributed by atoms with Crippen LogP contribution in [-0.4, -0.2) is 31.5 Å². The van der Waals surface area contributed by atoms with Gasteiger partial charge in [-0.15, -0.1) is 0 Å². The lowest BCUT2D eigenvalue weighted by atomic mass is 10.1. The largest absolute Gasteiger partial charge is 0.508 e. The Hall–Kier alpha value is -0.770. The van der Waals surface area contributed by atoms with Crippen molar-refractivity contribution in [3.8, 4) is 0 Å². The monoisotopic (exact) mass is 187 g/mol. The van der Waals surface area contributed by atoms with Gasteiger partial charge in [0.1, 0.15) is 6.10 Å². The van der Waals surface area contributed by atoms with Gasteiger partial charge in [-0.05, 0) is 33.2 Å². The van der Waals surface area contributed by atoms with Crippen LogP contribution in [0.25, 0.3) is 0 Å². The smallest absolute Gasteiger partial charge is 0.432 e. The van der Waals surface area contributed by atoms with Crippen molar-refractivity contribution in [1.82, 2.24) is 5.32 Å². The first-order chi connectivity index (χ1) is 6.18. The Bertz CT molecular complexity index is 164. The van der Waals surface area contributed by atoms with E-state index in [0.717, 1.165) is 25.9 Å². The lowest BCUT2D eigenvalue weighted by Gasteiger charge is -2.22. The zero-order valence-electron chi connectivity index (χ0n) is 8.21. The van der Waals surface area contributed by atoms with Crippen LogP contribution in [0.3, 0.4) is 0 Å². The quantitative estimate of drug-likeness (QED) is 0.662. The molecule has 1 N–H and O–H groups in total. The van der Waals surface area contributed by atoms with Crippen molar-refractivity contribution in [1.29, 1.82) is 0 Å². The number of hydrogen-bond donors (Lipinski definition) is 1. The summed E-state index contributed by atoms with van der Waals surface area (Å²) in [6, 6.07) is 0. The van der Waals surface area contributed by atoms with E-state index in [1.54, 1.807) is 13.8 Å². The van der Waals surface area contributed by atoms with E-state index >= 15 is 0 Å². The summed E-state index contributed by atoms with van der Waals surface area (Å²) in [5, 5.41) is 3.16. The van der Waals surface area contributed by atoms with E-state index in [1.807, 2.05) is 0 Å². The maximum absolute atomic E-state index is 11.0. The summed E-state index contributed by atoms with van der Waals surface area (Å²) in [4.78, 5) is 11.0. The van der Waals surface area contributed by atoms with Gasteiger partial charge in [0.05, 0.1) is 6.10 Å². The molecule has 0 amide bonds. The van der Waals surface area contributed by atoms with Crippen LogP contribution in [0.2, 0.25) is 0 Å². The summed E-state index contributed by atoms with van der Waals surface area (Å²) >= 11 is 0. The molecule has 4 nitrogen and oxygen atoms in total. The van der Waals surface area contributed by atoms with Gasteiger partial charge in [-0.1, -0.05) is 0 Å². The Kier molecular flexibility index (Phi) is 4.02. The maximum Gasteiger partial charge on any atom is 0.508 e. The molecule has 1 aliphatic rings. The predicted octanol–water partition coefficient (Wildman–Crippen LogP) is 1.30. The minimum Gasteiger partial charge on any atom is -0.432 e. The highest BCUT2D eigenvalue weighted by Gasteiger charge is 2.18. The highest BCUT2D eigenvalue weighted by atomic mass is 16.7. The molecule has 0 bridgehead atoms. The third-order valence-corrected chi connectivity index (χ3v) is 1.85. The average molecular weight is 187 g/mol. The van der Waals surface area contributed by atoms with E-state index < -0.39 is 6.16 Å². The molecule has 0 aromatic carbocycles. The van der Waals surface area contributed by atoms with E-state index in [-0.39, 0.29) is 12.2 Å². The van der Waals surface area contributed by atoms with Crippen LogP contribution in [0, 0.1) is 0 Å². The van der Waals surface area contributed by atoms with Gasteiger partial charge in [-0.25, -0.2) is 4.79 Å². The number of nitrogens with one attached hydrogen (secondary N) is 1. The van der Waals surface area contributed by atoms with Gasteiger partial charge in [0, 0.05) is 6.54 Å². The van der Waals surface area contributed by atoms with E-state index in [0.29, 0.717) is 0 Å². The van der Waals surface area contributed by atoms with Crippen molar-refractivity contribution >= 4 is 6.16 Å². The summed E-state index contributed by atoms with van der Waals surface area (Å²) < 4.78 is 9.94. The molecule has 1 fully saturated rings. The third-order valence-electron chi connectivity index (χ3n) is 1.85. The van der Waals surface area contributed by atoms with E-state index in [4.69, 9.17) is 9.47 Å². The molecule has 1 aliphatic heterocycles. The Morgan fingerprint density at radius 1 is 1.54 bits per heavy atom. The third kappa shape index (κ3) is 4.12. The molecule has 13 heavy (non-hydrogen) atoms. The van der Waals surface area contributed by atoms with Gasteiger partial charge in [0.15, 0.2) is 0 Å². The molecule has 1 atom stereocenters. The first-order valence-electron chi connectivity index (χ1n) is 4.76. The second-order valence-electron chi connectivity index (χ2n) is 3.50. The second kappa shape index (κ2) is 5.07. The van der Waals surface area contributed by atoms with Gasteiger partial charge in [-0.3, -0.25) is 0 Å². The normalized spacial score (nSPS) is 22.8. The number of rotatable bonds is 2. The van der Waals surface area contributed by atoms with Gasteiger partial charge in [-0.2, -0.15) is 0 Å². The number of piperidine rings is 1. The van der Waals surface area contributed by atoms with E-state index in [9.17, 15) is 4.79 Å². The van der Waals surface area contributed by atoms with Crippen LogP contribution in [0.5, 0.6) is 0 Å². The second-order valence-corrected chi connectivity index (χ2v) is 3.50. The SMILES string of the molecule is CC(C)OC(=O)OC1CCCNC1. The van der Waals surface area contributed by atoms with Crippen LogP contribution < -0.4 is 5.32 Å². The lowest BCUT2D eigenvalue weighted by Crippen LogP contribution is -2.37. The summed E-state index contributed by atoms with van der Waals surface area (Å²) in [7, 11) is 0. The van der Waals surface area contributed by atoms with Crippen LogP contribution in [-0.2, 0) is 9.47 Å². The molecule has 1 rings (SSSR count). The average Bonchev–Trinajstić information content (AvgIpc) is 2.04. The minimum atomic E-state index is -0.552. The molecule has 76 valence electrons. The van der Waals surface area contributed by atoms with Crippen molar-refractivity contribution in [3.63, 3.8) is 0 Å². The fourth-order valence-electron chi connectivity index (χ4n) is 1.28. The molecular formula is C9H17NO3. The predicted molar refractivity (Wildman–Crippen MR) is 48.6 cm³/mol. The van der Waals surface area contributed by atoms with Crippen molar-refractivity contribution in [2.24, 2.45) is 0 Å². The molecule has 0 aliphatic carbocycles. The van der Waals surface area contributed by atoms with Crippen molar-refractivity contribution in [2.45, 2.75) is 38.9 Å². The molecule has 4 heteroatoms. The van der Waals surface area contributed by atoms with Crippen LogP contribution in [0.15, 0.2) is 0 Å². The molecule has 1 unspecified atom stereocenters. The van der Waals surface area contributed by atoms with Crippen LogP contribution in [0.4, 0.5) is 4.79 Å².